The normalized spacial score (nSPS) is 32.9. The number of anilines is 2. The van der Waals surface area contributed by atoms with Gasteiger partial charge in [-0.1, -0.05) is 0 Å². The van der Waals surface area contributed by atoms with Gasteiger partial charge in [-0.05, 0) is 0 Å². The molecule has 0 amide bonds. The molecular formula is C10H12N6O3. The standard InChI is InChI=1S/C10H12N6O3/c11-7-4-8(14-2-13-7)16-9-6(18)5(17)3(19-9)1-12-10(16)15-4/h2-3,5-6,9,17-18H,1H2,(H,12,15)(H2,11,13,14)/t3-,5-,6-,9-/m1/s1. The Morgan fingerprint density at radius 1 is 1.37 bits per heavy atom. The number of hydrogen-bond donors (Lipinski definition) is 4. The first kappa shape index (κ1) is 10.9. The molecule has 1 saturated heterocycles. The molecule has 5 N–H and O–H groups in total. The van der Waals surface area contributed by atoms with Crippen molar-refractivity contribution in [3.05, 3.63) is 6.33 Å². The Morgan fingerprint density at radius 2 is 2.21 bits per heavy atom. The third-order valence-electron chi connectivity index (χ3n) is 3.56. The zero-order valence-corrected chi connectivity index (χ0v) is 9.76. The average Bonchev–Trinajstić information content (AvgIpc) is 2.81. The lowest BCUT2D eigenvalue weighted by Gasteiger charge is -2.19. The molecule has 19 heavy (non-hydrogen) atoms. The lowest BCUT2D eigenvalue weighted by molar-refractivity contribution is -0.0259. The summed E-state index contributed by atoms with van der Waals surface area (Å²) in [6.07, 6.45) is -1.85. The Hall–Kier alpha value is -1.97. The lowest BCUT2D eigenvalue weighted by atomic mass is 10.1. The highest BCUT2D eigenvalue weighted by atomic mass is 16.6. The number of aromatic nitrogens is 4. The summed E-state index contributed by atoms with van der Waals surface area (Å²) >= 11 is 0. The van der Waals surface area contributed by atoms with Crippen molar-refractivity contribution in [1.29, 1.82) is 0 Å². The maximum Gasteiger partial charge on any atom is 0.207 e. The molecule has 100 valence electrons. The number of nitrogen functional groups attached to an aromatic ring is 1. The Bertz CT molecular complexity index is 658. The number of imidazole rings is 1. The van der Waals surface area contributed by atoms with Gasteiger partial charge in [0.05, 0.1) is 0 Å². The van der Waals surface area contributed by atoms with Crippen molar-refractivity contribution >= 4 is 22.9 Å². The van der Waals surface area contributed by atoms with E-state index in [1.807, 2.05) is 0 Å². The summed E-state index contributed by atoms with van der Waals surface area (Å²) in [5, 5.41) is 23.0. The van der Waals surface area contributed by atoms with Crippen LogP contribution in [0.25, 0.3) is 11.2 Å². The molecule has 0 aliphatic carbocycles. The van der Waals surface area contributed by atoms with Gasteiger partial charge in [0.15, 0.2) is 23.2 Å². The van der Waals surface area contributed by atoms with Crippen LogP contribution < -0.4 is 11.1 Å². The zero-order valence-electron chi connectivity index (χ0n) is 9.76. The topological polar surface area (TPSA) is 131 Å². The summed E-state index contributed by atoms with van der Waals surface area (Å²) in [6, 6.07) is 0. The highest BCUT2D eigenvalue weighted by molar-refractivity contribution is 5.84. The Balaban J connectivity index is 1.97. The first-order chi connectivity index (χ1) is 9.16. The van der Waals surface area contributed by atoms with Gasteiger partial charge in [-0.2, -0.15) is 0 Å². The maximum atomic E-state index is 10.1. The minimum Gasteiger partial charge on any atom is -0.387 e. The summed E-state index contributed by atoms with van der Waals surface area (Å²) < 4.78 is 7.24. The van der Waals surface area contributed by atoms with Crippen LogP contribution in [-0.2, 0) is 4.74 Å². The van der Waals surface area contributed by atoms with Crippen LogP contribution in [0.5, 0.6) is 0 Å². The predicted molar refractivity (Wildman–Crippen MR) is 64.1 cm³/mol. The molecule has 2 aliphatic rings. The first-order valence-electron chi connectivity index (χ1n) is 5.90. The van der Waals surface area contributed by atoms with Crippen LogP contribution in [-0.4, -0.2) is 54.6 Å². The van der Waals surface area contributed by atoms with Gasteiger partial charge in [-0.25, -0.2) is 15.0 Å². The third-order valence-corrected chi connectivity index (χ3v) is 3.56. The van der Waals surface area contributed by atoms with E-state index in [4.69, 9.17) is 10.5 Å². The van der Waals surface area contributed by atoms with E-state index in [2.05, 4.69) is 20.3 Å². The molecule has 4 atom stereocenters. The second-order valence-electron chi connectivity index (χ2n) is 4.66. The van der Waals surface area contributed by atoms with Crippen molar-refractivity contribution < 1.29 is 14.9 Å². The van der Waals surface area contributed by atoms with E-state index in [0.29, 0.717) is 23.7 Å². The van der Waals surface area contributed by atoms with E-state index < -0.39 is 24.5 Å². The molecular weight excluding hydrogens is 252 g/mol. The van der Waals surface area contributed by atoms with Crippen LogP contribution in [0.3, 0.4) is 0 Å². The summed E-state index contributed by atoms with van der Waals surface area (Å²) in [4.78, 5) is 12.3. The number of nitrogens with zero attached hydrogens (tertiary/aromatic N) is 4. The minimum atomic E-state index is -1.03. The fraction of sp³-hybridized carbons (Fsp3) is 0.500. The SMILES string of the molecule is Nc1ncnc2c1nc1n2[C@@H]2O[C@H](CN1)[C@@H](O)[C@H]2O. The third kappa shape index (κ3) is 1.31. The van der Waals surface area contributed by atoms with Crippen molar-refractivity contribution in [2.75, 3.05) is 17.6 Å². The summed E-state index contributed by atoms with van der Waals surface area (Å²) in [5.41, 5.74) is 6.67. The van der Waals surface area contributed by atoms with E-state index in [9.17, 15) is 10.2 Å². The number of hydrogen-bond acceptors (Lipinski definition) is 8. The highest BCUT2D eigenvalue weighted by Gasteiger charge is 2.47. The van der Waals surface area contributed by atoms with Gasteiger partial charge >= 0.3 is 0 Å². The minimum absolute atomic E-state index is 0.261. The van der Waals surface area contributed by atoms with Crippen molar-refractivity contribution in [3.63, 3.8) is 0 Å². The van der Waals surface area contributed by atoms with Gasteiger partial charge in [-0.15, -0.1) is 0 Å². The monoisotopic (exact) mass is 264 g/mol. The van der Waals surface area contributed by atoms with Crippen molar-refractivity contribution in [1.82, 2.24) is 19.5 Å². The van der Waals surface area contributed by atoms with E-state index >= 15 is 0 Å². The van der Waals surface area contributed by atoms with Crippen molar-refractivity contribution in [2.24, 2.45) is 0 Å². The van der Waals surface area contributed by atoms with Crippen LogP contribution in [0.15, 0.2) is 6.33 Å². The van der Waals surface area contributed by atoms with Crippen LogP contribution in [0, 0.1) is 0 Å². The molecule has 0 unspecified atom stereocenters. The molecule has 2 bridgehead atoms. The highest BCUT2D eigenvalue weighted by Crippen LogP contribution is 2.37. The van der Waals surface area contributed by atoms with Gasteiger partial charge < -0.3 is 26.0 Å². The fourth-order valence-corrected chi connectivity index (χ4v) is 2.59. The molecule has 1 fully saturated rings. The number of nitrogens with one attached hydrogen (secondary N) is 1. The molecule has 4 rings (SSSR count). The number of ether oxygens (including phenoxy) is 1. The van der Waals surface area contributed by atoms with Gasteiger partial charge in [0.25, 0.3) is 0 Å². The number of rotatable bonds is 0. The van der Waals surface area contributed by atoms with Crippen LogP contribution >= 0.6 is 0 Å². The number of fused-ring (bicyclic) bond motifs is 6. The van der Waals surface area contributed by atoms with Gasteiger partial charge in [0.1, 0.15) is 24.6 Å². The molecule has 2 aliphatic heterocycles. The largest absolute Gasteiger partial charge is 0.387 e. The van der Waals surface area contributed by atoms with E-state index in [1.165, 1.54) is 6.33 Å². The molecule has 2 aromatic rings. The molecule has 0 aromatic carbocycles. The number of nitrogens with two attached hydrogens (primary N) is 1. The van der Waals surface area contributed by atoms with Gasteiger partial charge in [0, 0.05) is 6.54 Å². The van der Waals surface area contributed by atoms with Crippen molar-refractivity contribution in [3.8, 4) is 0 Å². The molecule has 0 saturated carbocycles. The zero-order chi connectivity index (χ0) is 13.1. The average molecular weight is 264 g/mol. The molecule has 4 heterocycles. The Labute approximate surface area is 107 Å². The van der Waals surface area contributed by atoms with Crippen molar-refractivity contribution in [2.45, 2.75) is 24.5 Å². The summed E-state index contributed by atoms with van der Waals surface area (Å²) in [6.45, 7) is 0.353. The number of aliphatic hydroxyl groups is 2. The molecule has 0 radical (unpaired) electrons. The fourth-order valence-electron chi connectivity index (χ4n) is 2.59. The lowest BCUT2D eigenvalue weighted by Crippen LogP contribution is -2.37. The van der Waals surface area contributed by atoms with Crippen LogP contribution in [0.1, 0.15) is 6.23 Å². The molecule has 9 nitrogen and oxygen atoms in total. The summed E-state index contributed by atoms with van der Waals surface area (Å²) in [5.74, 6) is 0.762. The maximum absolute atomic E-state index is 10.1. The predicted octanol–water partition coefficient (Wildman–Crippen LogP) is -1.55. The quantitative estimate of drug-likeness (QED) is 0.450. The van der Waals surface area contributed by atoms with Gasteiger partial charge in [0.2, 0.25) is 5.95 Å². The van der Waals surface area contributed by atoms with Crippen LogP contribution in [0.4, 0.5) is 11.8 Å². The second kappa shape index (κ2) is 3.53. The summed E-state index contributed by atoms with van der Waals surface area (Å²) in [7, 11) is 0. The second-order valence-corrected chi connectivity index (χ2v) is 4.66. The van der Waals surface area contributed by atoms with Gasteiger partial charge in [-0.3, -0.25) is 4.57 Å². The molecule has 0 spiro atoms. The van der Waals surface area contributed by atoms with Crippen LogP contribution in [0.2, 0.25) is 0 Å². The first-order valence-corrected chi connectivity index (χ1v) is 5.90. The van der Waals surface area contributed by atoms with E-state index in [0.717, 1.165) is 0 Å². The Kier molecular flexibility index (Phi) is 2.03. The van der Waals surface area contributed by atoms with E-state index in [-0.39, 0.29) is 5.82 Å². The van der Waals surface area contributed by atoms with E-state index in [1.54, 1.807) is 4.57 Å². The molecule has 2 aromatic heterocycles. The smallest absolute Gasteiger partial charge is 0.207 e. The Morgan fingerprint density at radius 3 is 3.05 bits per heavy atom. The number of aliphatic hydroxyl groups excluding tert-OH is 2. The molecule has 9 heteroatoms.